The van der Waals surface area contributed by atoms with E-state index in [0.717, 1.165) is 68.6 Å². The first-order valence-electron chi connectivity index (χ1n) is 10.5. The van der Waals surface area contributed by atoms with E-state index in [2.05, 4.69) is 63.8 Å². The molecule has 0 saturated carbocycles. The molecule has 0 unspecified atom stereocenters. The number of H-pyrrole nitrogens is 1. The molecule has 0 saturated heterocycles. The van der Waals surface area contributed by atoms with Crippen LogP contribution in [0, 0.1) is 6.92 Å². The van der Waals surface area contributed by atoms with Gasteiger partial charge in [-0.15, -0.1) is 0 Å². The fraction of sp³-hybridized carbons (Fsp3) is 0.154. The van der Waals surface area contributed by atoms with E-state index in [-0.39, 0.29) is 0 Å². The number of hydrogen-bond donors (Lipinski definition) is 2. The van der Waals surface area contributed by atoms with Crippen LogP contribution < -0.4 is 10.1 Å². The standard InChI is InChI=1S/C26H24N4O/c1-3-27-14-20-9-8-18-6-4-5-7-23(18)26(20)31-22-12-21(15-28-16-22)19-10-11-25-24(13-19)17(2)29-30-25/h4-13,15-16,27H,3,14H2,1-2H3,(H,29,30). The SMILES string of the molecule is CCNCc1ccc2ccccc2c1Oc1cncc(-c2ccc3n[nH]c(C)c3c2)c1. The normalized spacial score (nSPS) is 11.3. The minimum Gasteiger partial charge on any atom is -0.455 e. The van der Waals surface area contributed by atoms with Crippen LogP contribution in [0.4, 0.5) is 0 Å². The van der Waals surface area contributed by atoms with Gasteiger partial charge in [0.05, 0.1) is 11.7 Å². The van der Waals surface area contributed by atoms with Crippen LogP contribution in [-0.4, -0.2) is 21.7 Å². The van der Waals surface area contributed by atoms with Gasteiger partial charge in [-0.25, -0.2) is 0 Å². The molecule has 2 aromatic heterocycles. The highest BCUT2D eigenvalue weighted by molar-refractivity contribution is 5.90. The Labute approximate surface area is 181 Å². The Hall–Kier alpha value is -3.70. The van der Waals surface area contributed by atoms with Gasteiger partial charge < -0.3 is 10.1 Å². The summed E-state index contributed by atoms with van der Waals surface area (Å²) in [6, 6.07) is 20.9. The van der Waals surface area contributed by atoms with Gasteiger partial charge in [0.15, 0.2) is 0 Å². The molecule has 0 radical (unpaired) electrons. The summed E-state index contributed by atoms with van der Waals surface area (Å²) in [5.41, 5.74) is 5.24. The molecule has 5 heteroatoms. The largest absolute Gasteiger partial charge is 0.455 e. The lowest BCUT2D eigenvalue weighted by Gasteiger charge is -2.15. The van der Waals surface area contributed by atoms with Crippen molar-refractivity contribution in [1.82, 2.24) is 20.5 Å². The molecule has 5 aromatic rings. The zero-order valence-electron chi connectivity index (χ0n) is 17.6. The Morgan fingerprint density at radius 1 is 0.935 bits per heavy atom. The average molecular weight is 409 g/mol. The van der Waals surface area contributed by atoms with Crippen molar-refractivity contribution < 1.29 is 4.74 Å². The van der Waals surface area contributed by atoms with Crippen LogP contribution >= 0.6 is 0 Å². The first-order valence-corrected chi connectivity index (χ1v) is 10.5. The van der Waals surface area contributed by atoms with Crippen molar-refractivity contribution in [3.05, 3.63) is 84.3 Å². The molecule has 0 bridgehead atoms. The lowest BCUT2D eigenvalue weighted by atomic mass is 10.0. The topological polar surface area (TPSA) is 62.8 Å². The van der Waals surface area contributed by atoms with Gasteiger partial charge in [0, 0.05) is 40.3 Å². The van der Waals surface area contributed by atoms with E-state index < -0.39 is 0 Å². The molecule has 5 rings (SSSR count). The number of rotatable bonds is 6. The van der Waals surface area contributed by atoms with E-state index in [4.69, 9.17) is 4.74 Å². The number of pyridine rings is 1. The van der Waals surface area contributed by atoms with Gasteiger partial charge in [0.25, 0.3) is 0 Å². The third kappa shape index (κ3) is 3.76. The van der Waals surface area contributed by atoms with E-state index in [0.29, 0.717) is 0 Å². The number of fused-ring (bicyclic) bond motifs is 2. The minimum atomic E-state index is 0.718. The highest BCUT2D eigenvalue weighted by atomic mass is 16.5. The molecule has 31 heavy (non-hydrogen) atoms. The Bertz CT molecular complexity index is 1370. The molecule has 0 amide bonds. The van der Waals surface area contributed by atoms with Gasteiger partial charge in [-0.1, -0.05) is 49.4 Å². The lowest BCUT2D eigenvalue weighted by Crippen LogP contribution is -2.12. The predicted octanol–water partition coefficient (Wildman–Crippen LogP) is 5.99. The van der Waals surface area contributed by atoms with Crippen LogP contribution in [-0.2, 0) is 6.54 Å². The van der Waals surface area contributed by atoms with Crippen LogP contribution in [0.2, 0.25) is 0 Å². The molecule has 154 valence electrons. The first-order chi connectivity index (χ1) is 15.2. The van der Waals surface area contributed by atoms with Gasteiger partial charge >= 0.3 is 0 Å². The summed E-state index contributed by atoms with van der Waals surface area (Å²) >= 11 is 0. The maximum absolute atomic E-state index is 6.46. The number of aryl methyl sites for hydroxylation is 1. The third-order valence-electron chi connectivity index (χ3n) is 5.54. The fourth-order valence-corrected chi connectivity index (χ4v) is 3.88. The van der Waals surface area contributed by atoms with Crippen molar-refractivity contribution in [1.29, 1.82) is 0 Å². The summed E-state index contributed by atoms with van der Waals surface area (Å²) in [5, 5.41) is 14.1. The van der Waals surface area contributed by atoms with E-state index in [1.54, 1.807) is 6.20 Å². The Morgan fingerprint density at radius 2 is 1.84 bits per heavy atom. The molecule has 0 atom stereocenters. The number of nitrogens with zero attached hydrogens (tertiary/aromatic N) is 2. The van der Waals surface area contributed by atoms with Gasteiger partial charge in [0.2, 0.25) is 0 Å². The van der Waals surface area contributed by atoms with E-state index in [9.17, 15) is 0 Å². The molecule has 0 aliphatic rings. The quantitative estimate of drug-likeness (QED) is 0.362. The van der Waals surface area contributed by atoms with E-state index in [1.165, 1.54) is 0 Å². The number of aromatic nitrogens is 3. The zero-order valence-corrected chi connectivity index (χ0v) is 17.6. The minimum absolute atomic E-state index is 0.718. The van der Waals surface area contributed by atoms with Gasteiger partial charge in [-0.2, -0.15) is 5.10 Å². The summed E-state index contributed by atoms with van der Waals surface area (Å²) in [6.07, 6.45) is 3.63. The van der Waals surface area contributed by atoms with Crippen molar-refractivity contribution in [3.8, 4) is 22.6 Å². The van der Waals surface area contributed by atoms with Crippen molar-refractivity contribution in [2.24, 2.45) is 0 Å². The molecule has 2 N–H and O–H groups in total. The summed E-state index contributed by atoms with van der Waals surface area (Å²) in [6.45, 7) is 5.79. The smallest absolute Gasteiger partial charge is 0.146 e. The molecule has 3 aromatic carbocycles. The fourth-order valence-electron chi connectivity index (χ4n) is 3.88. The molecular weight excluding hydrogens is 384 g/mol. The first kappa shape index (κ1) is 19.3. The van der Waals surface area contributed by atoms with Crippen LogP contribution in [0.5, 0.6) is 11.5 Å². The van der Waals surface area contributed by atoms with Crippen molar-refractivity contribution in [2.75, 3.05) is 6.54 Å². The Balaban J connectivity index is 1.55. The number of aromatic amines is 1. The lowest BCUT2D eigenvalue weighted by molar-refractivity contribution is 0.477. The van der Waals surface area contributed by atoms with Crippen molar-refractivity contribution in [3.63, 3.8) is 0 Å². The highest BCUT2D eigenvalue weighted by Gasteiger charge is 2.12. The number of hydrogen-bond acceptors (Lipinski definition) is 4. The average Bonchev–Trinajstić information content (AvgIpc) is 3.19. The van der Waals surface area contributed by atoms with Crippen molar-refractivity contribution >= 4 is 21.7 Å². The monoisotopic (exact) mass is 408 g/mol. The molecule has 0 spiro atoms. The summed E-state index contributed by atoms with van der Waals surface area (Å²) in [5.74, 6) is 1.59. The van der Waals surface area contributed by atoms with E-state index in [1.807, 2.05) is 37.4 Å². The second-order valence-corrected chi connectivity index (χ2v) is 7.65. The van der Waals surface area contributed by atoms with E-state index >= 15 is 0 Å². The second-order valence-electron chi connectivity index (χ2n) is 7.65. The maximum Gasteiger partial charge on any atom is 0.146 e. The van der Waals surface area contributed by atoms with Crippen LogP contribution in [0.15, 0.2) is 73.1 Å². The summed E-state index contributed by atoms with van der Waals surface area (Å²) in [4.78, 5) is 4.46. The summed E-state index contributed by atoms with van der Waals surface area (Å²) in [7, 11) is 0. The van der Waals surface area contributed by atoms with Crippen molar-refractivity contribution in [2.45, 2.75) is 20.4 Å². The molecule has 0 fully saturated rings. The molecule has 0 aliphatic carbocycles. The van der Waals surface area contributed by atoms with Crippen LogP contribution in [0.1, 0.15) is 18.2 Å². The second kappa shape index (κ2) is 8.20. The van der Waals surface area contributed by atoms with Crippen LogP contribution in [0.25, 0.3) is 32.8 Å². The number of ether oxygens (including phenoxy) is 1. The molecular formula is C26H24N4O. The van der Waals surface area contributed by atoms with Gasteiger partial charge in [-0.3, -0.25) is 10.1 Å². The number of benzene rings is 3. The molecule has 0 aliphatic heterocycles. The predicted molar refractivity (Wildman–Crippen MR) is 125 cm³/mol. The third-order valence-corrected chi connectivity index (χ3v) is 5.54. The Kier molecular flexibility index (Phi) is 5.10. The summed E-state index contributed by atoms with van der Waals surface area (Å²) < 4.78 is 6.46. The van der Waals surface area contributed by atoms with Crippen LogP contribution in [0.3, 0.4) is 0 Å². The number of nitrogens with one attached hydrogen (secondary N) is 2. The molecule has 2 heterocycles. The van der Waals surface area contributed by atoms with Gasteiger partial charge in [0.1, 0.15) is 11.5 Å². The maximum atomic E-state index is 6.46. The highest BCUT2D eigenvalue weighted by Crippen LogP contribution is 2.35. The Morgan fingerprint density at radius 3 is 2.74 bits per heavy atom. The zero-order chi connectivity index (χ0) is 21.2. The van der Waals surface area contributed by atoms with Gasteiger partial charge in [-0.05, 0) is 42.6 Å². The molecule has 5 nitrogen and oxygen atoms in total.